The maximum absolute atomic E-state index is 13.7. The molecule has 20 heavy (non-hydrogen) atoms. The third kappa shape index (κ3) is 3.74. The Kier molecular flexibility index (Phi) is 4.63. The predicted molar refractivity (Wildman–Crippen MR) is 81.2 cm³/mol. The molecule has 0 aliphatic carbocycles. The number of anilines is 2. The molecule has 1 amide bonds. The molecule has 0 spiro atoms. The lowest BCUT2D eigenvalue weighted by Gasteiger charge is -2.12. The van der Waals surface area contributed by atoms with Crippen molar-refractivity contribution in [3.63, 3.8) is 0 Å². The third-order valence-electron chi connectivity index (χ3n) is 2.67. The monoisotopic (exact) mass is 290 g/mol. The van der Waals surface area contributed by atoms with E-state index in [0.717, 1.165) is 17.4 Å². The fraction of sp³-hybridized carbons (Fsp3) is 0.133. The molecule has 0 heterocycles. The van der Waals surface area contributed by atoms with Gasteiger partial charge in [-0.2, -0.15) is 0 Å². The van der Waals surface area contributed by atoms with E-state index in [-0.39, 0.29) is 5.91 Å². The number of amides is 1. The number of nitrogens with one attached hydrogen (secondary N) is 1. The van der Waals surface area contributed by atoms with E-state index in [2.05, 4.69) is 5.32 Å². The summed E-state index contributed by atoms with van der Waals surface area (Å²) in [5.74, 6) is -0.577. The highest BCUT2D eigenvalue weighted by Crippen LogP contribution is 2.28. The van der Waals surface area contributed by atoms with Gasteiger partial charge in [0.2, 0.25) is 5.91 Å². The minimum Gasteiger partial charge on any atom is -0.399 e. The van der Waals surface area contributed by atoms with E-state index < -0.39 is 11.1 Å². The fourth-order valence-corrected chi connectivity index (χ4v) is 2.49. The number of halogens is 1. The van der Waals surface area contributed by atoms with Crippen LogP contribution in [0.2, 0.25) is 0 Å². The van der Waals surface area contributed by atoms with Crippen LogP contribution >= 0.6 is 11.8 Å². The van der Waals surface area contributed by atoms with Gasteiger partial charge in [0.15, 0.2) is 0 Å². The number of nitrogens with two attached hydrogens (primary N) is 1. The number of rotatable bonds is 4. The number of thioether (sulfide) groups is 1. The van der Waals surface area contributed by atoms with Crippen molar-refractivity contribution >= 4 is 29.0 Å². The van der Waals surface area contributed by atoms with Gasteiger partial charge in [-0.3, -0.25) is 4.79 Å². The summed E-state index contributed by atoms with van der Waals surface area (Å²) < 4.78 is 13.7. The van der Waals surface area contributed by atoms with Crippen LogP contribution in [0.5, 0.6) is 0 Å². The molecule has 0 saturated heterocycles. The van der Waals surface area contributed by atoms with Gasteiger partial charge in [-0.15, -0.1) is 11.8 Å². The Labute approximate surface area is 121 Å². The maximum Gasteiger partial charge on any atom is 0.237 e. The number of carbonyl (C=O) groups is 1. The summed E-state index contributed by atoms with van der Waals surface area (Å²) in [6.07, 6.45) is 0. The molecular weight excluding hydrogens is 275 g/mol. The topological polar surface area (TPSA) is 55.1 Å². The smallest absolute Gasteiger partial charge is 0.237 e. The van der Waals surface area contributed by atoms with Crippen LogP contribution in [0.3, 0.4) is 0 Å². The Hall–Kier alpha value is -2.01. The first kappa shape index (κ1) is 14.4. The first-order valence-electron chi connectivity index (χ1n) is 6.14. The highest BCUT2D eigenvalue weighted by Gasteiger charge is 2.16. The lowest BCUT2D eigenvalue weighted by molar-refractivity contribution is -0.115. The van der Waals surface area contributed by atoms with Crippen molar-refractivity contribution in [1.82, 2.24) is 0 Å². The van der Waals surface area contributed by atoms with Gasteiger partial charge in [0.25, 0.3) is 0 Å². The second-order valence-electron chi connectivity index (χ2n) is 4.31. The third-order valence-corrected chi connectivity index (χ3v) is 3.82. The first-order chi connectivity index (χ1) is 9.56. The lowest BCUT2D eigenvalue weighted by atomic mass is 10.3. The minimum atomic E-state index is -0.409. The number of hydrogen-bond acceptors (Lipinski definition) is 3. The zero-order valence-corrected chi connectivity index (χ0v) is 11.8. The van der Waals surface area contributed by atoms with Gasteiger partial charge in [0.05, 0.1) is 5.25 Å². The summed E-state index contributed by atoms with van der Waals surface area (Å²) in [5.41, 5.74) is 6.59. The number of hydrogen-bond donors (Lipinski definition) is 2. The van der Waals surface area contributed by atoms with Gasteiger partial charge >= 0.3 is 0 Å². The molecule has 5 heteroatoms. The van der Waals surface area contributed by atoms with Gasteiger partial charge in [0.1, 0.15) is 5.82 Å². The normalized spacial score (nSPS) is 11.9. The Morgan fingerprint density at radius 1 is 1.25 bits per heavy atom. The number of nitrogen functional groups attached to an aromatic ring is 1. The van der Waals surface area contributed by atoms with Crippen LogP contribution in [0.4, 0.5) is 15.8 Å². The summed E-state index contributed by atoms with van der Waals surface area (Å²) >= 11 is 1.16. The molecule has 3 N–H and O–H groups in total. The standard InChI is InChI=1S/C15H15FN2OS/c1-10(15(19)18-12-5-3-2-4-6-12)20-14-8-7-11(17)9-13(14)16/h2-10H,17H2,1H3,(H,18,19). The number of carbonyl (C=O) groups excluding carboxylic acids is 1. The van der Waals surface area contributed by atoms with Crippen molar-refractivity contribution in [3.8, 4) is 0 Å². The Morgan fingerprint density at radius 2 is 1.95 bits per heavy atom. The quantitative estimate of drug-likeness (QED) is 0.669. The van der Waals surface area contributed by atoms with Crippen LogP contribution in [0.15, 0.2) is 53.4 Å². The minimum absolute atomic E-state index is 0.169. The maximum atomic E-state index is 13.7. The molecule has 0 aromatic heterocycles. The molecule has 2 aromatic carbocycles. The van der Waals surface area contributed by atoms with Crippen molar-refractivity contribution in [2.75, 3.05) is 11.1 Å². The number of para-hydroxylation sites is 1. The predicted octanol–water partition coefficient (Wildman–Crippen LogP) is 3.53. The summed E-state index contributed by atoms with van der Waals surface area (Å²) in [6, 6.07) is 13.6. The van der Waals surface area contributed by atoms with Crippen LogP contribution in [-0.4, -0.2) is 11.2 Å². The summed E-state index contributed by atoms with van der Waals surface area (Å²) in [5, 5.41) is 2.38. The van der Waals surface area contributed by atoms with Gasteiger partial charge in [-0.25, -0.2) is 4.39 Å². The Bertz CT molecular complexity index is 604. The van der Waals surface area contributed by atoms with Crippen LogP contribution in [0, 0.1) is 5.82 Å². The summed E-state index contributed by atoms with van der Waals surface area (Å²) in [6.45, 7) is 1.73. The van der Waals surface area contributed by atoms with Gasteiger partial charge in [0, 0.05) is 16.3 Å². The van der Waals surface area contributed by atoms with Gasteiger partial charge < -0.3 is 11.1 Å². The highest BCUT2D eigenvalue weighted by molar-refractivity contribution is 8.00. The number of benzene rings is 2. The second kappa shape index (κ2) is 6.43. The molecule has 3 nitrogen and oxygen atoms in total. The molecule has 0 aliphatic heterocycles. The van der Waals surface area contributed by atoms with Crippen molar-refractivity contribution in [2.45, 2.75) is 17.1 Å². The van der Waals surface area contributed by atoms with Crippen LogP contribution in [0.1, 0.15) is 6.92 Å². The Morgan fingerprint density at radius 3 is 2.60 bits per heavy atom. The van der Waals surface area contributed by atoms with Crippen LogP contribution in [-0.2, 0) is 4.79 Å². The molecule has 1 unspecified atom stereocenters. The van der Waals surface area contributed by atoms with E-state index in [9.17, 15) is 9.18 Å². The zero-order valence-electron chi connectivity index (χ0n) is 11.0. The molecule has 2 aromatic rings. The zero-order chi connectivity index (χ0) is 14.5. The van der Waals surface area contributed by atoms with E-state index in [4.69, 9.17) is 5.73 Å². The molecule has 104 valence electrons. The van der Waals surface area contributed by atoms with Crippen molar-refractivity contribution in [3.05, 3.63) is 54.3 Å². The molecule has 0 bridgehead atoms. The molecule has 0 saturated carbocycles. The average Bonchev–Trinajstić information content (AvgIpc) is 2.43. The van der Waals surface area contributed by atoms with Crippen LogP contribution < -0.4 is 11.1 Å². The van der Waals surface area contributed by atoms with E-state index in [1.165, 1.54) is 6.07 Å². The van der Waals surface area contributed by atoms with E-state index >= 15 is 0 Å². The van der Waals surface area contributed by atoms with Crippen molar-refractivity contribution in [1.29, 1.82) is 0 Å². The van der Waals surface area contributed by atoms with Crippen LogP contribution in [0.25, 0.3) is 0 Å². The second-order valence-corrected chi connectivity index (χ2v) is 5.69. The SMILES string of the molecule is CC(Sc1ccc(N)cc1F)C(=O)Nc1ccccc1. The largest absolute Gasteiger partial charge is 0.399 e. The average molecular weight is 290 g/mol. The summed E-state index contributed by atoms with van der Waals surface area (Å²) in [7, 11) is 0. The van der Waals surface area contributed by atoms with Crippen molar-refractivity contribution in [2.24, 2.45) is 0 Å². The molecule has 1 atom stereocenters. The van der Waals surface area contributed by atoms with E-state index in [0.29, 0.717) is 10.6 Å². The van der Waals surface area contributed by atoms with Gasteiger partial charge in [-0.1, -0.05) is 18.2 Å². The lowest BCUT2D eigenvalue weighted by Crippen LogP contribution is -2.22. The van der Waals surface area contributed by atoms with E-state index in [1.54, 1.807) is 31.2 Å². The van der Waals surface area contributed by atoms with Crippen molar-refractivity contribution < 1.29 is 9.18 Å². The molecule has 0 aliphatic rings. The Balaban J connectivity index is 2.00. The van der Waals surface area contributed by atoms with E-state index in [1.807, 2.05) is 18.2 Å². The fourth-order valence-electron chi connectivity index (χ4n) is 1.62. The molecule has 0 radical (unpaired) electrons. The molecular formula is C15H15FN2OS. The molecule has 0 fully saturated rings. The molecule has 2 rings (SSSR count). The first-order valence-corrected chi connectivity index (χ1v) is 7.02. The van der Waals surface area contributed by atoms with Gasteiger partial charge in [-0.05, 0) is 37.3 Å². The summed E-state index contributed by atoms with van der Waals surface area (Å²) in [4.78, 5) is 12.4. The highest BCUT2D eigenvalue weighted by atomic mass is 32.2.